The van der Waals surface area contributed by atoms with Crippen molar-refractivity contribution in [2.24, 2.45) is 0 Å². The van der Waals surface area contributed by atoms with E-state index in [9.17, 15) is 8.78 Å². The first-order chi connectivity index (χ1) is 7.97. The third kappa shape index (κ3) is 2.83. The molecule has 1 nitrogen and oxygen atoms in total. The lowest BCUT2D eigenvalue weighted by Crippen LogP contribution is -2.28. The highest BCUT2D eigenvalue weighted by Gasteiger charge is 2.48. The van der Waals surface area contributed by atoms with E-state index in [4.69, 9.17) is 5.11 Å². The minimum Gasteiger partial charge on any atom is -0.396 e. The third-order valence-electron chi connectivity index (χ3n) is 3.70. The SMILES string of the molecule is CC(CCO)(CC1(F)CC1)c1ccc(F)cc1. The third-order valence-corrected chi connectivity index (χ3v) is 3.70. The molecular weight excluding hydrogens is 222 g/mol. The zero-order valence-corrected chi connectivity index (χ0v) is 10.0. The van der Waals surface area contributed by atoms with Crippen molar-refractivity contribution in [3.63, 3.8) is 0 Å². The summed E-state index contributed by atoms with van der Waals surface area (Å²) in [4.78, 5) is 0. The van der Waals surface area contributed by atoms with Crippen molar-refractivity contribution < 1.29 is 13.9 Å². The van der Waals surface area contributed by atoms with Crippen LogP contribution >= 0.6 is 0 Å². The smallest absolute Gasteiger partial charge is 0.123 e. The van der Waals surface area contributed by atoms with E-state index in [1.54, 1.807) is 12.1 Å². The van der Waals surface area contributed by atoms with Gasteiger partial charge in [0.15, 0.2) is 0 Å². The highest BCUT2D eigenvalue weighted by molar-refractivity contribution is 5.26. The molecule has 0 saturated heterocycles. The molecule has 2 rings (SSSR count). The lowest BCUT2D eigenvalue weighted by atomic mass is 9.75. The van der Waals surface area contributed by atoms with E-state index in [1.807, 2.05) is 6.92 Å². The normalized spacial score (nSPS) is 20.9. The minimum atomic E-state index is -1.07. The highest BCUT2D eigenvalue weighted by Crippen LogP contribution is 2.50. The molecule has 1 aromatic carbocycles. The van der Waals surface area contributed by atoms with Crippen molar-refractivity contribution >= 4 is 0 Å². The van der Waals surface area contributed by atoms with Gasteiger partial charge in [-0.25, -0.2) is 8.78 Å². The summed E-state index contributed by atoms with van der Waals surface area (Å²) < 4.78 is 26.8. The molecule has 1 atom stereocenters. The average Bonchev–Trinajstić information content (AvgIpc) is 2.96. The Kier molecular flexibility index (Phi) is 3.21. The lowest BCUT2D eigenvalue weighted by Gasteiger charge is -2.31. The molecular formula is C14H18F2O. The van der Waals surface area contributed by atoms with Gasteiger partial charge in [-0.1, -0.05) is 19.1 Å². The summed E-state index contributed by atoms with van der Waals surface area (Å²) in [5, 5.41) is 9.14. The van der Waals surface area contributed by atoms with Crippen LogP contribution in [0.2, 0.25) is 0 Å². The fraction of sp³-hybridized carbons (Fsp3) is 0.571. The van der Waals surface area contributed by atoms with Gasteiger partial charge in [0.1, 0.15) is 11.5 Å². The summed E-state index contributed by atoms with van der Waals surface area (Å²) >= 11 is 0. The maximum atomic E-state index is 13.9. The second kappa shape index (κ2) is 4.37. The number of benzene rings is 1. The van der Waals surface area contributed by atoms with Crippen molar-refractivity contribution in [2.75, 3.05) is 6.61 Å². The number of rotatable bonds is 5. The number of aliphatic hydroxyl groups is 1. The number of alkyl halides is 1. The summed E-state index contributed by atoms with van der Waals surface area (Å²) in [5.41, 5.74) is -0.580. The molecule has 1 unspecified atom stereocenters. The first kappa shape index (κ1) is 12.5. The van der Waals surface area contributed by atoms with Crippen LogP contribution in [-0.4, -0.2) is 17.4 Å². The van der Waals surface area contributed by atoms with Gasteiger partial charge in [0.2, 0.25) is 0 Å². The number of halogens is 2. The van der Waals surface area contributed by atoms with Gasteiger partial charge in [0.05, 0.1) is 0 Å². The van der Waals surface area contributed by atoms with Gasteiger partial charge in [-0.05, 0) is 48.8 Å². The van der Waals surface area contributed by atoms with Crippen LogP contribution in [0.4, 0.5) is 8.78 Å². The molecule has 0 aromatic heterocycles. The molecule has 1 fully saturated rings. The first-order valence-electron chi connectivity index (χ1n) is 6.03. The van der Waals surface area contributed by atoms with Gasteiger partial charge in [0.25, 0.3) is 0 Å². The zero-order valence-electron chi connectivity index (χ0n) is 10.0. The number of aliphatic hydroxyl groups excluding tert-OH is 1. The highest BCUT2D eigenvalue weighted by atomic mass is 19.1. The maximum absolute atomic E-state index is 13.9. The topological polar surface area (TPSA) is 20.2 Å². The molecule has 0 bridgehead atoms. The molecule has 17 heavy (non-hydrogen) atoms. The average molecular weight is 240 g/mol. The molecule has 1 aliphatic carbocycles. The van der Waals surface area contributed by atoms with Gasteiger partial charge in [-0.15, -0.1) is 0 Å². The minimum absolute atomic E-state index is 0.0178. The van der Waals surface area contributed by atoms with E-state index < -0.39 is 11.1 Å². The Balaban J connectivity index is 2.22. The van der Waals surface area contributed by atoms with Gasteiger partial charge >= 0.3 is 0 Å². The van der Waals surface area contributed by atoms with Crippen LogP contribution in [0.15, 0.2) is 24.3 Å². The van der Waals surface area contributed by atoms with Gasteiger partial charge in [-0.2, -0.15) is 0 Å². The Morgan fingerprint density at radius 3 is 2.35 bits per heavy atom. The maximum Gasteiger partial charge on any atom is 0.123 e. The van der Waals surface area contributed by atoms with E-state index in [2.05, 4.69) is 0 Å². The van der Waals surface area contributed by atoms with E-state index in [1.165, 1.54) is 12.1 Å². The fourth-order valence-corrected chi connectivity index (χ4v) is 2.45. The zero-order chi connectivity index (χ0) is 12.5. The van der Waals surface area contributed by atoms with Crippen molar-refractivity contribution in [3.05, 3.63) is 35.6 Å². The van der Waals surface area contributed by atoms with Crippen LogP contribution in [0.25, 0.3) is 0 Å². The van der Waals surface area contributed by atoms with E-state index in [0.717, 1.165) is 5.56 Å². The molecule has 94 valence electrons. The fourth-order valence-electron chi connectivity index (χ4n) is 2.45. The van der Waals surface area contributed by atoms with E-state index in [-0.39, 0.29) is 12.4 Å². The van der Waals surface area contributed by atoms with Crippen LogP contribution in [-0.2, 0) is 5.41 Å². The van der Waals surface area contributed by atoms with E-state index in [0.29, 0.717) is 25.7 Å². The Hall–Kier alpha value is -0.960. The Labute approximate surface area is 100 Å². The van der Waals surface area contributed by atoms with Crippen molar-refractivity contribution in [1.82, 2.24) is 0 Å². The molecule has 1 aromatic rings. The summed E-state index contributed by atoms with van der Waals surface area (Å²) in [5.74, 6) is -0.290. The lowest BCUT2D eigenvalue weighted by molar-refractivity contribution is 0.185. The summed E-state index contributed by atoms with van der Waals surface area (Å²) in [6, 6.07) is 6.17. The summed E-state index contributed by atoms with van der Waals surface area (Å²) in [6.07, 6.45) is 2.13. The van der Waals surface area contributed by atoms with Gasteiger partial charge < -0.3 is 5.11 Å². The Bertz CT molecular complexity index is 384. The molecule has 1 saturated carbocycles. The Morgan fingerprint density at radius 1 is 1.29 bits per heavy atom. The van der Waals surface area contributed by atoms with Gasteiger partial charge in [0, 0.05) is 6.61 Å². The molecule has 0 spiro atoms. The summed E-state index contributed by atoms with van der Waals surface area (Å²) in [7, 11) is 0. The Morgan fingerprint density at radius 2 is 1.88 bits per heavy atom. The predicted octanol–water partition coefficient (Wildman–Crippen LogP) is 3.36. The monoisotopic (exact) mass is 240 g/mol. The van der Waals surface area contributed by atoms with Crippen molar-refractivity contribution in [2.45, 2.75) is 43.7 Å². The molecule has 0 heterocycles. The van der Waals surface area contributed by atoms with Crippen LogP contribution in [0.5, 0.6) is 0 Å². The second-order valence-corrected chi connectivity index (χ2v) is 5.37. The molecule has 0 radical (unpaired) electrons. The quantitative estimate of drug-likeness (QED) is 0.836. The molecule has 1 N–H and O–H groups in total. The number of hydrogen-bond donors (Lipinski definition) is 1. The molecule has 0 aliphatic heterocycles. The van der Waals surface area contributed by atoms with E-state index >= 15 is 0 Å². The standard InChI is InChI=1S/C14H18F2O/c1-13(8-9-17,10-14(16)6-7-14)11-2-4-12(15)5-3-11/h2-5,17H,6-10H2,1H3. The van der Waals surface area contributed by atoms with Crippen LogP contribution in [0, 0.1) is 5.82 Å². The first-order valence-corrected chi connectivity index (χ1v) is 6.03. The molecule has 1 aliphatic rings. The van der Waals surface area contributed by atoms with Crippen molar-refractivity contribution in [1.29, 1.82) is 0 Å². The molecule has 0 amide bonds. The summed E-state index contributed by atoms with van der Waals surface area (Å²) in [6.45, 7) is 1.96. The second-order valence-electron chi connectivity index (χ2n) is 5.37. The van der Waals surface area contributed by atoms with Gasteiger partial charge in [-0.3, -0.25) is 0 Å². The molecule has 3 heteroatoms. The van der Waals surface area contributed by atoms with Crippen molar-refractivity contribution in [3.8, 4) is 0 Å². The van der Waals surface area contributed by atoms with Crippen LogP contribution < -0.4 is 0 Å². The van der Waals surface area contributed by atoms with Crippen LogP contribution in [0.1, 0.15) is 38.2 Å². The van der Waals surface area contributed by atoms with Crippen LogP contribution in [0.3, 0.4) is 0 Å². The predicted molar refractivity (Wildman–Crippen MR) is 63.1 cm³/mol. The number of hydrogen-bond acceptors (Lipinski definition) is 1. The largest absolute Gasteiger partial charge is 0.396 e.